The molecule has 0 heterocycles. The second kappa shape index (κ2) is 7.92. The standard InChI is InChI=1S/C14H23NO2S2/c1-4-19(16,17)11-5-10-18-14-8-6-13(7-9-14)12(2)15-3/h6-9,12,15H,4-5,10-11H2,1-3H3. The molecule has 1 atom stereocenters. The molecular formula is C14H23NO2S2. The SMILES string of the molecule is CCS(=O)(=O)CCCSc1ccc(C(C)NC)cc1. The van der Waals surface area contributed by atoms with Crippen molar-refractivity contribution in [2.45, 2.75) is 31.2 Å². The quantitative estimate of drug-likeness (QED) is 0.592. The first-order valence-electron chi connectivity index (χ1n) is 6.59. The van der Waals surface area contributed by atoms with Crippen LogP contribution in [0.4, 0.5) is 0 Å². The topological polar surface area (TPSA) is 46.2 Å². The van der Waals surface area contributed by atoms with Crippen molar-refractivity contribution >= 4 is 21.6 Å². The second-order valence-corrected chi connectivity index (χ2v) is 8.16. The Hall–Kier alpha value is -0.520. The lowest BCUT2D eigenvalue weighted by atomic mass is 10.1. The molecule has 0 radical (unpaired) electrons. The fraction of sp³-hybridized carbons (Fsp3) is 0.571. The van der Waals surface area contributed by atoms with Crippen molar-refractivity contribution in [3.63, 3.8) is 0 Å². The van der Waals surface area contributed by atoms with E-state index < -0.39 is 9.84 Å². The van der Waals surface area contributed by atoms with Gasteiger partial charge < -0.3 is 5.32 Å². The van der Waals surface area contributed by atoms with Crippen LogP contribution in [0.5, 0.6) is 0 Å². The van der Waals surface area contributed by atoms with Crippen molar-refractivity contribution in [1.82, 2.24) is 5.32 Å². The lowest BCUT2D eigenvalue weighted by Crippen LogP contribution is -2.11. The summed E-state index contributed by atoms with van der Waals surface area (Å²) < 4.78 is 22.7. The fourth-order valence-electron chi connectivity index (χ4n) is 1.63. The van der Waals surface area contributed by atoms with Gasteiger partial charge in [-0.15, -0.1) is 11.8 Å². The van der Waals surface area contributed by atoms with Crippen LogP contribution in [0.1, 0.15) is 31.9 Å². The molecule has 0 fully saturated rings. The van der Waals surface area contributed by atoms with Crippen molar-refractivity contribution < 1.29 is 8.42 Å². The van der Waals surface area contributed by atoms with Gasteiger partial charge in [0.1, 0.15) is 9.84 Å². The Morgan fingerprint density at radius 1 is 1.26 bits per heavy atom. The molecule has 0 aliphatic rings. The molecular weight excluding hydrogens is 278 g/mol. The molecule has 1 rings (SSSR count). The number of rotatable bonds is 8. The smallest absolute Gasteiger partial charge is 0.150 e. The summed E-state index contributed by atoms with van der Waals surface area (Å²) in [4.78, 5) is 1.20. The van der Waals surface area contributed by atoms with Gasteiger partial charge in [-0.3, -0.25) is 0 Å². The molecule has 0 saturated heterocycles. The maximum atomic E-state index is 11.3. The minimum atomic E-state index is -2.82. The third-order valence-electron chi connectivity index (χ3n) is 3.12. The summed E-state index contributed by atoms with van der Waals surface area (Å²) >= 11 is 1.71. The maximum absolute atomic E-state index is 11.3. The first kappa shape index (κ1) is 16.5. The summed E-state index contributed by atoms with van der Waals surface area (Å²) in [5.74, 6) is 1.39. The molecule has 1 aromatic carbocycles. The summed E-state index contributed by atoms with van der Waals surface area (Å²) in [6, 6.07) is 8.79. The molecule has 1 aromatic rings. The minimum absolute atomic E-state index is 0.244. The van der Waals surface area contributed by atoms with E-state index in [1.165, 1.54) is 10.5 Å². The third-order valence-corrected chi connectivity index (χ3v) is 6.01. The number of hydrogen-bond donors (Lipinski definition) is 1. The van der Waals surface area contributed by atoms with Crippen LogP contribution in [0.25, 0.3) is 0 Å². The highest BCUT2D eigenvalue weighted by Gasteiger charge is 2.07. The zero-order valence-corrected chi connectivity index (χ0v) is 13.5. The van der Waals surface area contributed by atoms with Crippen LogP contribution >= 0.6 is 11.8 Å². The van der Waals surface area contributed by atoms with E-state index in [1.807, 2.05) is 7.05 Å². The normalized spacial score (nSPS) is 13.4. The summed E-state index contributed by atoms with van der Waals surface area (Å²) in [7, 11) is -0.871. The Kier molecular flexibility index (Phi) is 6.89. The monoisotopic (exact) mass is 301 g/mol. The Morgan fingerprint density at radius 3 is 2.42 bits per heavy atom. The van der Waals surface area contributed by atoms with E-state index in [1.54, 1.807) is 18.7 Å². The summed E-state index contributed by atoms with van der Waals surface area (Å²) in [5, 5.41) is 3.20. The van der Waals surface area contributed by atoms with Crippen molar-refractivity contribution in [3.05, 3.63) is 29.8 Å². The molecule has 5 heteroatoms. The van der Waals surface area contributed by atoms with Gasteiger partial charge in [-0.25, -0.2) is 8.42 Å². The van der Waals surface area contributed by atoms with Gasteiger partial charge >= 0.3 is 0 Å². The van der Waals surface area contributed by atoms with Gasteiger partial charge in [0.05, 0.1) is 5.75 Å². The van der Waals surface area contributed by atoms with E-state index in [0.29, 0.717) is 11.8 Å². The number of hydrogen-bond acceptors (Lipinski definition) is 4. The molecule has 1 N–H and O–H groups in total. The Morgan fingerprint density at radius 2 is 1.89 bits per heavy atom. The van der Waals surface area contributed by atoms with Crippen molar-refractivity contribution in [3.8, 4) is 0 Å². The minimum Gasteiger partial charge on any atom is -0.313 e. The lowest BCUT2D eigenvalue weighted by Gasteiger charge is -2.10. The van der Waals surface area contributed by atoms with E-state index in [-0.39, 0.29) is 5.75 Å². The van der Waals surface area contributed by atoms with Crippen LogP contribution in [-0.2, 0) is 9.84 Å². The van der Waals surface area contributed by atoms with Gasteiger partial charge in [0.25, 0.3) is 0 Å². The molecule has 0 aliphatic heterocycles. The molecule has 0 bridgehead atoms. The lowest BCUT2D eigenvalue weighted by molar-refractivity contribution is 0.596. The van der Waals surface area contributed by atoms with E-state index in [4.69, 9.17) is 0 Å². The predicted molar refractivity (Wildman–Crippen MR) is 83.6 cm³/mol. The first-order valence-corrected chi connectivity index (χ1v) is 9.39. The van der Waals surface area contributed by atoms with Gasteiger partial charge in [0.15, 0.2) is 0 Å². The van der Waals surface area contributed by atoms with Crippen molar-refractivity contribution in [2.24, 2.45) is 0 Å². The van der Waals surface area contributed by atoms with Crippen molar-refractivity contribution in [1.29, 1.82) is 0 Å². The molecule has 0 saturated carbocycles. The Balaban J connectivity index is 2.38. The molecule has 108 valence electrons. The zero-order chi connectivity index (χ0) is 14.3. The van der Waals surface area contributed by atoms with Crippen LogP contribution in [0.3, 0.4) is 0 Å². The molecule has 0 spiro atoms. The summed E-state index contributed by atoms with van der Waals surface area (Å²) in [5.41, 5.74) is 1.26. The number of thioether (sulfide) groups is 1. The third kappa shape index (κ3) is 5.97. The average molecular weight is 301 g/mol. The molecule has 3 nitrogen and oxygen atoms in total. The summed E-state index contributed by atoms with van der Waals surface area (Å²) in [6.45, 7) is 3.82. The van der Waals surface area contributed by atoms with Gasteiger partial charge in [-0.1, -0.05) is 19.1 Å². The van der Waals surface area contributed by atoms with Gasteiger partial charge in [-0.2, -0.15) is 0 Å². The maximum Gasteiger partial charge on any atom is 0.150 e. The molecule has 0 aliphatic carbocycles. The van der Waals surface area contributed by atoms with Gasteiger partial charge in [-0.05, 0) is 43.8 Å². The van der Waals surface area contributed by atoms with Crippen LogP contribution < -0.4 is 5.32 Å². The number of benzene rings is 1. The first-order chi connectivity index (χ1) is 8.98. The van der Waals surface area contributed by atoms with E-state index in [2.05, 4.69) is 36.5 Å². The van der Waals surface area contributed by atoms with Crippen LogP contribution in [0, 0.1) is 0 Å². The van der Waals surface area contributed by atoms with E-state index in [9.17, 15) is 8.42 Å². The fourth-order valence-corrected chi connectivity index (χ4v) is 3.54. The molecule has 19 heavy (non-hydrogen) atoms. The van der Waals surface area contributed by atoms with Crippen molar-refractivity contribution in [2.75, 3.05) is 24.3 Å². The van der Waals surface area contributed by atoms with Gasteiger partial charge in [0.2, 0.25) is 0 Å². The zero-order valence-electron chi connectivity index (χ0n) is 11.8. The Bertz CT molecular complexity index is 469. The molecule has 1 unspecified atom stereocenters. The van der Waals surface area contributed by atoms with Crippen LogP contribution in [0.15, 0.2) is 29.2 Å². The Labute approximate surface area is 121 Å². The highest BCUT2D eigenvalue weighted by atomic mass is 32.2. The van der Waals surface area contributed by atoms with Crippen LogP contribution in [0.2, 0.25) is 0 Å². The van der Waals surface area contributed by atoms with Gasteiger partial charge in [0, 0.05) is 16.7 Å². The average Bonchev–Trinajstić information content (AvgIpc) is 2.43. The highest BCUT2D eigenvalue weighted by Crippen LogP contribution is 2.21. The summed E-state index contributed by atoms with van der Waals surface area (Å²) in [6.07, 6.45) is 0.718. The number of sulfone groups is 1. The highest BCUT2D eigenvalue weighted by molar-refractivity contribution is 7.99. The molecule has 0 amide bonds. The van der Waals surface area contributed by atoms with Crippen LogP contribution in [-0.4, -0.2) is 32.7 Å². The van der Waals surface area contributed by atoms with E-state index >= 15 is 0 Å². The molecule has 0 aromatic heterocycles. The number of nitrogens with one attached hydrogen (secondary N) is 1. The second-order valence-electron chi connectivity index (χ2n) is 4.52. The van der Waals surface area contributed by atoms with E-state index in [0.717, 1.165) is 12.2 Å². The predicted octanol–water partition coefficient (Wildman–Crippen LogP) is 2.88. The largest absolute Gasteiger partial charge is 0.313 e.